The first-order valence-corrected chi connectivity index (χ1v) is 8.69. The van der Waals surface area contributed by atoms with Crippen LogP contribution in [0.15, 0.2) is 52.5 Å². The third kappa shape index (κ3) is 3.65. The number of carbonyl (C=O) groups excluding carboxylic acids is 3. The van der Waals surface area contributed by atoms with E-state index in [4.69, 9.17) is 9.84 Å². The van der Waals surface area contributed by atoms with E-state index in [0.717, 1.165) is 4.90 Å². The van der Waals surface area contributed by atoms with Crippen LogP contribution < -0.4 is 15.0 Å². The highest BCUT2D eigenvalue weighted by atomic mass is 79.9. The molecule has 9 heteroatoms. The molecule has 1 aliphatic rings. The Kier molecular flexibility index (Phi) is 5.27. The number of halogens is 1. The van der Waals surface area contributed by atoms with Gasteiger partial charge in [-0.05, 0) is 64.0 Å². The van der Waals surface area contributed by atoms with Crippen LogP contribution in [0.25, 0.3) is 6.08 Å². The van der Waals surface area contributed by atoms with Crippen molar-refractivity contribution < 1.29 is 29.0 Å². The molecule has 0 spiro atoms. The number of aromatic carboxylic acids is 1. The number of urea groups is 1. The van der Waals surface area contributed by atoms with Crippen molar-refractivity contribution in [3.05, 3.63) is 63.6 Å². The summed E-state index contributed by atoms with van der Waals surface area (Å²) in [6, 6.07) is 9.23. The largest absolute Gasteiger partial charge is 0.496 e. The van der Waals surface area contributed by atoms with Crippen LogP contribution in [0.5, 0.6) is 5.75 Å². The molecule has 0 saturated carbocycles. The van der Waals surface area contributed by atoms with Gasteiger partial charge in [0, 0.05) is 0 Å². The van der Waals surface area contributed by atoms with Crippen LogP contribution in [-0.4, -0.2) is 36.0 Å². The number of carbonyl (C=O) groups is 4. The minimum atomic E-state index is -1.14. The molecule has 0 radical (unpaired) electrons. The molecule has 28 heavy (non-hydrogen) atoms. The van der Waals surface area contributed by atoms with Crippen LogP contribution in [-0.2, 0) is 9.59 Å². The van der Waals surface area contributed by atoms with E-state index in [1.54, 1.807) is 18.2 Å². The highest BCUT2D eigenvalue weighted by Crippen LogP contribution is 2.28. The van der Waals surface area contributed by atoms with Crippen molar-refractivity contribution >= 4 is 51.5 Å². The van der Waals surface area contributed by atoms with E-state index in [1.165, 1.54) is 37.5 Å². The van der Waals surface area contributed by atoms with Crippen LogP contribution in [0.2, 0.25) is 0 Å². The molecule has 1 aliphatic heterocycles. The van der Waals surface area contributed by atoms with E-state index in [2.05, 4.69) is 21.2 Å². The molecule has 8 nitrogen and oxygen atoms in total. The van der Waals surface area contributed by atoms with E-state index in [1.807, 2.05) is 0 Å². The zero-order chi connectivity index (χ0) is 20.4. The molecule has 2 N–H and O–H groups in total. The average molecular weight is 445 g/mol. The Bertz CT molecular complexity index is 1030. The maximum atomic E-state index is 12.8. The molecule has 142 valence electrons. The quantitative estimate of drug-likeness (QED) is 0.553. The molecule has 4 amide bonds. The number of methoxy groups -OCH3 is 1. The Morgan fingerprint density at radius 2 is 1.82 bits per heavy atom. The molecule has 0 aromatic heterocycles. The lowest BCUT2D eigenvalue weighted by Gasteiger charge is -2.26. The van der Waals surface area contributed by atoms with Crippen LogP contribution in [0.4, 0.5) is 10.5 Å². The molecule has 1 heterocycles. The highest BCUT2D eigenvalue weighted by molar-refractivity contribution is 9.10. The van der Waals surface area contributed by atoms with Gasteiger partial charge in [-0.15, -0.1) is 0 Å². The fraction of sp³-hybridized carbons (Fsp3) is 0.0526. The number of imide groups is 2. The summed E-state index contributed by atoms with van der Waals surface area (Å²) in [5, 5.41) is 11.1. The monoisotopic (exact) mass is 444 g/mol. The Balaban J connectivity index is 1.98. The second kappa shape index (κ2) is 7.65. The van der Waals surface area contributed by atoms with Gasteiger partial charge in [0.05, 0.1) is 22.8 Å². The van der Waals surface area contributed by atoms with E-state index in [9.17, 15) is 19.2 Å². The lowest BCUT2D eigenvalue weighted by atomic mass is 10.1. The second-order valence-corrected chi connectivity index (χ2v) is 6.56. The molecule has 2 aromatic carbocycles. The summed E-state index contributed by atoms with van der Waals surface area (Å²) in [4.78, 5) is 48.9. The van der Waals surface area contributed by atoms with Gasteiger partial charge < -0.3 is 9.84 Å². The Morgan fingerprint density at radius 3 is 2.39 bits per heavy atom. The third-order valence-electron chi connectivity index (χ3n) is 3.96. The van der Waals surface area contributed by atoms with Gasteiger partial charge in [-0.3, -0.25) is 14.9 Å². The SMILES string of the molecule is COc1ccc(/C=C2\C(=O)NC(=O)N(c3ccc(C(=O)O)cc3)C2=O)cc1Br. The Hall–Kier alpha value is -3.46. The number of amides is 4. The van der Waals surface area contributed by atoms with E-state index < -0.39 is 23.8 Å². The van der Waals surface area contributed by atoms with Gasteiger partial charge in [0.25, 0.3) is 11.8 Å². The van der Waals surface area contributed by atoms with Crippen LogP contribution >= 0.6 is 15.9 Å². The number of barbiturate groups is 1. The number of carboxylic acids is 1. The van der Waals surface area contributed by atoms with Crippen LogP contribution in [0, 0.1) is 0 Å². The molecule has 0 atom stereocenters. The average Bonchev–Trinajstić information content (AvgIpc) is 2.65. The predicted octanol–water partition coefficient (Wildman–Crippen LogP) is 2.82. The summed E-state index contributed by atoms with van der Waals surface area (Å²) < 4.78 is 5.77. The maximum Gasteiger partial charge on any atom is 0.335 e. The topological polar surface area (TPSA) is 113 Å². The molecule has 2 aromatic rings. The molecule has 1 fully saturated rings. The van der Waals surface area contributed by atoms with Gasteiger partial charge in [-0.1, -0.05) is 6.07 Å². The number of benzene rings is 2. The van der Waals surface area contributed by atoms with E-state index in [-0.39, 0.29) is 16.8 Å². The molecule has 0 aliphatic carbocycles. The Morgan fingerprint density at radius 1 is 1.14 bits per heavy atom. The summed E-state index contributed by atoms with van der Waals surface area (Å²) in [6.07, 6.45) is 1.35. The lowest BCUT2D eigenvalue weighted by Crippen LogP contribution is -2.54. The molecule has 1 saturated heterocycles. The van der Waals surface area contributed by atoms with Crippen molar-refractivity contribution in [2.45, 2.75) is 0 Å². The molecular weight excluding hydrogens is 432 g/mol. The summed E-state index contributed by atoms with van der Waals surface area (Å²) in [6.45, 7) is 0. The number of anilines is 1. The Labute approximate surface area is 167 Å². The number of nitrogens with zero attached hydrogens (tertiary/aromatic N) is 1. The number of nitrogens with one attached hydrogen (secondary N) is 1. The van der Waals surface area contributed by atoms with Crippen molar-refractivity contribution in [2.75, 3.05) is 12.0 Å². The van der Waals surface area contributed by atoms with Crippen LogP contribution in [0.3, 0.4) is 0 Å². The number of carboxylic acid groups (broad SMARTS) is 1. The first kappa shape index (κ1) is 19.3. The fourth-order valence-electron chi connectivity index (χ4n) is 2.58. The van der Waals surface area contributed by atoms with Gasteiger partial charge >= 0.3 is 12.0 Å². The summed E-state index contributed by atoms with van der Waals surface area (Å²) in [7, 11) is 1.51. The van der Waals surface area contributed by atoms with Gasteiger partial charge in [0.15, 0.2) is 0 Å². The summed E-state index contributed by atoms with van der Waals surface area (Å²) in [5.74, 6) is -2.19. The molecule has 0 bridgehead atoms. The number of hydrogen-bond acceptors (Lipinski definition) is 5. The van der Waals surface area contributed by atoms with Gasteiger partial charge in [-0.25, -0.2) is 14.5 Å². The number of hydrogen-bond donors (Lipinski definition) is 2. The first-order valence-electron chi connectivity index (χ1n) is 7.90. The van der Waals surface area contributed by atoms with Crippen molar-refractivity contribution in [3.63, 3.8) is 0 Å². The van der Waals surface area contributed by atoms with E-state index in [0.29, 0.717) is 15.8 Å². The van der Waals surface area contributed by atoms with E-state index >= 15 is 0 Å². The van der Waals surface area contributed by atoms with Gasteiger partial charge in [0.1, 0.15) is 11.3 Å². The lowest BCUT2D eigenvalue weighted by molar-refractivity contribution is -0.122. The summed E-state index contributed by atoms with van der Waals surface area (Å²) in [5.41, 5.74) is 0.450. The normalized spacial score (nSPS) is 15.6. The minimum Gasteiger partial charge on any atom is -0.496 e. The zero-order valence-corrected chi connectivity index (χ0v) is 16.0. The molecule has 0 unspecified atom stereocenters. The van der Waals surface area contributed by atoms with Crippen molar-refractivity contribution in [2.24, 2.45) is 0 Å². The smallest absolute Gasteiger partial charge is 0.335 e. The highest BCUT2D eigenvalue weighted by Gasteiger charge is 2.36. The molecule has 3 rings (SSSR count). The standard InChI is InChI=1S/C19H13BrN2O6/c1-28-15-7-2-10(9-14(15)20)8-13-16(23)21-19(27)22(17(13)24)12-5-3-11(4-6-12)18(25)26/h2-9H,1H3,(H,25,26)(H,21,23,27)/b13-8+. The number of ether oxygens (including phenoxy) is 1. The van der Waals surface area contributed by atoms with Gasteiger partial charge in [-0.2, -0.15) is 0 Å². The minimum absolute atomic E-state index is 0.00328. The number of rotatable bonds is 4. The van der Waals surface area contributed by atoms with Gasteiger partial charge in [0.2, 0.25) is 0 Å². The third-order valence-corrected chi connectivity index (χ3v) is 4.58. The summed E-state index contributed by atoms with van der Waals surface area (Å²) >= 11 is 3.33. The predicted molar refractivity (Wildman–Crippen MR) is 103 cm³/mol. The van der Waals surface area contributed by atoms with Crippen LogP contribution in [0.1, 0.15) is 15.9 Å². The zero-order valence-electron chi connectivity index (χ0n) is 14.4. The first-order chi connectivity index (χ1) is 13.3. The van der Waals surface area contributed by atoms with Crippen molar-refractivity contribution in [1.82, 2.24) is 5.32 Å². The second-order valence-electron chi connectivity index (χ2n) is 5.70. The maximum absolute atomic E-state index is 12.8. The van der Waals surface area contributed by atoms with Crippen molar-refractivity contribution in [3.8, 4) is 5.75 Å². The fourth-order valence-corrected chi connectivity index (χ4v) is 3.14. The molecular formula is C19H13BrN2O6. The van der Waals surface area contributed by atoms with Crippen molar-refractivity contribution in [1.29, 1.82) is 0 Å².